The summed E-state index contributed by atoms with van der Waals surface area (Å²) in [4.78, 5) is 18.6. The van der Waals surface area contributed by atoms with Gasteiger partial charge in [-0.05, 0) is 37.1 Å². The van der Waals surface area contributed by atoms with Gasteiger partial charge in [-0.3, -0.25) is 4.79 Å². The Morgan fingerprint density at radius 3 is 2.96 bits per heavy atom. The Morgan fingerprint density at radius 1 is 1.33 bits per heavy atom. The second kappa shape index (κ2) is 7.49. The van der Waals surface area contributed by atoms with Gasteiger partial charge in [-0.1, -0.05) is 12.8 Å². The first-order chi connectivity index (χ1) is 11.7. The Morgan fingerprint density at radius 2 is 2.21 bits per heavy atom. The summed E-state index contributed by atoms with van der Waals surface area (Å²) in [6.45, 7) is 0.602. The molecule has 3 heterocycles. The van der Waals surface area contributed by atoms with Crippen LogP contribution in [-0.4, -0.2) is 38.6 Å². The first kappa shape index (κ1) is 16.5. The summed E-state index contributed by atoms with van der Waals surface area (Å²) in [5.41, 5.74) is 0.0666. The Balaban J connectivity index is 1.80. The summed E-state index contributed by atoms with van der Waals surface area (Å²) < 4.78 is 5.26. The van der Waals surface area contributed by atoms with E-state index in [1.165, 1.54) is 18.5 Å². The molecule has 6 heteroatoms. The lowest BCUT2D eigenvalue weighted by Gasteiger charge is -2.31. The summed E-state index contributed by atoms with van der Waals surface area (Å²) in [5, 5.41) is 20.3. The molecule has 24 heavy (non-hydrogen) atoms. The predicted molar refractivity (Wildman–Crippen MR) is 87.5 cm³/mol. The van der Waals surface area contributed by atoms with Gasteiger partial charge in [0.1, 0.15) is 17.6 Å². The van der Waals surface area contributed by atoms with Crippen LogP contribution in [0, 0.1) is 0 Å². The number of hydrogen-bond acceptors (Lipinski definition) is 5. The zero-order valence-corrected chi connectivity index (χ0v) is 13.5. The average molecular weight is 330 g/mol. The van der Waals surface area contributed by atoms with E-state index in [2.05, 4.69) is 4.98 Å². The molecule has 0 unspecified atom stereocenters. The molecular formula is C18H22N2O4. The highest BCUT2D eigenvalue weighted by atomic mass is 16.4. The molecule has 0 saturated carbocycles. The van der Waals surface area contributed by atoms with Crippen LogP contribution in [0.2, 0.25) is 0 Å². The monoisotopic (exact) mass is 330 g/mol. The third-order valence-electron chi connectivity index (χ3n) is 4.49. The van der Waals surface area contributed by atoms with Crippen LogP contribution in [0.5, 0.6) is 5.75 Å². The van der Waals surface area contributed by atoms with Crippen LogP contribution in [0.1, 0.15) is 54.5 Å². The van der Waals surface area contributed by atoms with Crippen molar-refractivity contribution in [2.45, 2.75) is 44.2 Å². The van der Waals surface area contributed by atoms with Gasteiger partial charge in [0.25, 0.3) is 5.91 Å². The number of hydrogen-bond donors (Lipinski definition) is 2. The topological polar surface area (TPSA) is 86.8 Å². The molecule has 1 aliphatic rings. The molecule has 3 rings (SSSR count). The van der Waals surface area contributed by atoms with E-state index in [0.717, 1.165) is 25.7 Å². The number of nitrogens with zero attached hydrogens (tertiary/aromatic N) is 2. The van der Waals surface area contributed by atoms with Crippen LogP contribution in [0.15, 0.2) is 41.1 Å². The average Bonchev–Trinajstić information content (AvgIpc) is 3.03. The fraction of sp³-hybridized carbons (Fsp3) is 0.444. The molecule has 2 N–H and O–H groups in total. The van der Waals surface area contributed by atoms with Gasteiger partial charge in [0, 0.05) is 25.2 Å². The molecule has 1 fully saturated rings. The summed E-state index contributed by atoms with van der Waals surface area (Å²) in [6, 6.07) is 6.41. The molecule has 1 aliphatic heterocycles. The molecule has 6 nitrogen and oxygen atoms in total. The number of carbonyl (C=O) groups is 1. The second-order valence-corrected chi connectivity index (χ2v) is 6.14. The van der Waals surface area contributed by atoms with Crippen LogP contribution < -0.4 is 0 Å². The van der Waals surface area contributed by atoms with E-state index in [0.29, 0.717) is 18.7 Å². The molecule has 128 valence electrons. The van der Waals surface area contributed by atoms with Crippen LogP contribution in [0.3, 0.4) is 0 Å². The SMILES string of the molecule is O=C(c1ncccc1O)N1CCCCC[C@H]1C[C@H](O)c1ccco1. The molecule has 0 radical (unpaired) electrons. The highest BCUT2D eigenvalue weighted by Crippen LogP contribution is 2.28. The molecule has 1 amide bonds. The highest BCUT2D eigenvalue weighted by molar-refractivity contribution is 5.95. The van der Waals surface area contributed by atoms with Crippen molar-refractivity contribution >= 4 is 5.91 Å². The number of likely N-dealkylation sites (tertiary alicyclic amines) is 1. The van der Waals surface area contributed by atoms with Crippen LogP contribution >= 0.6 is 0 Å². The number of amides is 1. The van der Waals surface area contributed by atoms with Gasteiger partial charge in [-0.25, -0.2) is 4.98 Å². The van der Waals surface area contributed by atoms with Crippen molar-refractivity contribution < 1.29 is 19.4 Å². The maximum atomic E-state index is 12.9. The number of carbonyl (C=O) groups excluding carboxylic acids is 1. The minimum absolute atomic E-state index is 0.0666. The van der Waals surface area contributed by atoms with Gasteiger partial charge in [-0.15, -0.1) is 0 Å². The van der Waals surface area contributed by atoms with E-state index >= 15 is 0 Å². The molecule has 0 bridgehead atoms. The van der Waals surface area contributed by atoms with Crippen LogP contribution in [-0.2, 0) is 0 Å². The Kier molecular flexibility index (Phi) is 5.15. The van der Waals surface area contributed by atoms with Gasteiger partial charge in [0.15, 0.2) is 5.69 Å². The lowest BCUT2D eigenvalue weighted by Crippen LogP contribution is -2.41. The standard InChI is InChI=1S/C18H22N2O4/c21-14-7-4-9-19-17(14)18(23)20-10-3-1-2-6-13(20)12-15(22)16-8-5-11-24-16/h4-5,7-9,11,13,15,21-22H,1-3,6,10,12H2/t13-,15-/m0/s1. The molecule has 1 saturated heterocycles. The molecule has 2 aromatic rings. The largest absolute Gasteiger partial charge is 0.505 e. The Bertz CT molecular complexity index is 671. The van der Waals surface area contributed by atoms with Crippen molar-refractivity contribution in [1.29, 1.82) is 0 Å². The first-order valence-corrected chi connectivity index (χ1v) is 8.33. The molecule has 0 aromatic carbocycles. The van der Waals surface area contributed by atoms with E-state index in [9.17, 15) is 15.0 Å². The van der Waals surface area contributed by atoms with E-state index in [1.54, 1.807) is 23.1 Å². The smallest absolute Gasteiger partial charge is 0.276 e. The van der Waals surface area contributed by atoms with Crippen molar-refractivity contribution in [1.82, 2.24) is 9.88 Å². The summed E-state index contributed by atoms with van der Waals surface area (Å²) in [6.07, 6.45) is 6.46. The minimum Gasteiger partial charge on any atom is -0.505 e. The fourth-order valence-corrected chi connectivity index (χ4v) is 3.24. The van der Waals surface area contributed by atoms with Crippen molar-refractivity contribution in [2.75, 3.05) is 6.54 Å². The third-order valence-corrected chi connectivity index (χ3v) is 4.49. The van der Waals surface area contributed by atoms with Gasteiger partial charge in [0.2, 0.25) is 0 Å². The number of aromatic hydroxyl groups is 1. The number of rotatable bonds is 4. The Hall–Kier alpha value is -2.34. The van der Waals surface area contributed by atoms with Crippen molar-refractivity contribution in [2.24, 2.45) is 0 Å². The highest BCUT2D eigenvalue weighted by Gasteiger charge is 2.30. The molecule has 2 atom stereocenters. The van der Waals surface area contributed by atoms with Gasteiger partial charge in [0.05, 0.1) is 6.26 Å². The second-order valence-electron chi connectivity index (χ2n) is 6.14. The molecule has 2 aromatic heterocycles. The normalized spacial score (nSPS) is 19.7. The number of aliphatic hydroxyl groups is 1. The number of aromatic nitrogens is 1. The Labute approximate surface area is 140 Å². The maximum absolute atomic E-state index is 12.9. The number of furan rings is 1. The summed E-state index contributed by atoms with van der Waals surface area (Å²) in [5.74, 6) is 0.107. The quantitative estimate of drug-likeness (QED) is 0.900. The fourth-order valence-electron chi connectivity index (χ4n) is 3.24. The molecule has 0 spiro atoms. The molecular weight excluding hydrogens is 308 g/mol. The summed E-state index contributed by atoms with van der Waals surface area (Å²) in [7, 11) is 0. The number of pyridine rings is 1. The van der Waals surface area contributed by atoms with Crippen molar-refractivity contribution in [3.05, 3.63) is 48.2 Å². The van der Waals surface area contributed by atoms with Crippen LogP contribution in [0.25, 0.3) is 0 Å². The molecule has 0 aliphatic carbocycles. The zero-order valence-electron chi connectivity index (χ0n) is 13.5. The van der Waals surface area contributed by atoms with E-state index in [1.807, 2.05) is 0 Å². The first-order valence-electron chi connectivity index (χ1n) is 8.33. The summed E-state index contributed by atoms with van der Waals surface area (Å²) >= 11 is 0. The lowest BCUT2D eigenvalue weighted by atomic mass is 10.0. The maximum Gasteiger partial charge on any atom is 0.276 e. The van der Waals surface area contributed by atoms with Gasteiger partial charge in [-0.2, -0.15) is 0 Å². The van der Waals surface area contributed by atoms with E-state index in [-0.39, 0.29) is 23.4 Å². The van der Waals surface area contributed by atoms with Gasteiger partial charge >= 0.3 is 0 Å². The van der Waals surface area contributed by atoms with Crippen molar-refractivity contribution in [3.63, 3.8) is 0 Å². The third kappa shape index (κ3) is 3.59. The van der Waals surface area contributed by atoms with Gasteiger partial charge < -0.3 is 19.5 Å². The zero-order chi connectivity index (χ0) is 16.9. The lowest BCUT2D eigenvalue weighted by molar-refractivity contribution is 0.0549. The van der Waals surface area contributed by atoms with Crippen LogP contribution in [0.4, 0.5) is 0 Å². The predicted octanol–water partition coefficient (Wildman–Crippen LogP) is 2.89. The van der Waals surface area contributed by atoms with Crippen molar-refractivity contribution in [3.8, 4) is 5.75 Å². The van der Waals surface area contributed by atoms with E-state index in [4.69, 9.17) is 4.42 Å². The number of aliphatic hydroxyl groups excluding tert-OH is 1. The van der Waals surface area contributed by atoms with E-state index < -0.39 is 6.10 Å². The minimum atomic E-state index is -0.754.